The topological polar surface area (TPSA) is 155 Å². The number of piperidine rings is 3. The van der Waals surface area contributed by atoms with Crippen molar-refractivity contribution < 1.29 is 33.1 Å². The van der Waals surface area contributed by atoms with Gasteiger partial charge in [0, 0.05) is 82.5 Å². The number of nitrogens with one attached hydrogen (secondary N) is 2. The molecule has 7 aliphatic rings. The molecule has 3 N–H and O–H groups in total. The van der Waals surface area contributed by atoms with Gasteiger partial charge in [0.05, 0.1) is 35.1 Å². The second-order valence-corrected chi connectivity index (χ2v) is 16.5. The van der Waals surface area contributed by atoms with Crippen LogP contribution in [0.2, 0.25) is 0 Å². The first-order chi connectivity index (χ1) is 27.0. The molecular formula is C40H43F2N9O5. The van der Waals surface area contributed by atoms with E-state index in [1.165, 1.54) is 12.1 Å². The number of aromatic hydroxyl groups is 1. The summed E-state index contributed by atoms with van der Waals surface area (Å²) in [5.74, 6) is -3.53. The van der Waals surface area contributed by atoms with E-state index in [0.717, 1.165) is 62.2 Å². The van der Waals surface area contributed by atoms with Gasteiger partial charge < -0.3 is 25.1 Å². The summed E-state index contributed by atoms with van der Waals surface area (Å²) < 4.78 is 31.6. The van der Waals surface area contributed by atoms with Crippen molar-refractivity contribution in [2.24, 2.45) is 23.7 Å². The number of para-hydroxylation sites is 1. The minimum atomic E-state index is -2.94. The number of anilines is 3. The van der Waals surface area contributed by atoms with E-state index in [1.807, 2.05) is 18.2 Å². The van der Waals surface area contributed by atoms with E-state index in [1.54, 1.807) is 23.1 Å². The Labute approximate surface area is 321 Å². The molecule has 7 heterocycles. The van der Waals surface area contributed by atoms with Gasteiger partial charge in [0.15, 0.2) is 5.82 Å². The molecule has 1 aromatic heterocycles. The van der Waals surface area contributed by atoms with E-state index < -0.39 is 48.1 Å². The molecule has 14 nitrogen and oxygen atoms in total. The molecule has 10 rings (SSSR count). The van der Waals surface area contributed by atoms with E-state index >= 15 is 8.78 Å². The lowest BCUT2D eigenvalue weighted by molar-refractivity contribution is -0.136. The number of nitrogens with zero attached hydrogens (tertiary/aromatic N) is 7. The van der Waals surface area contributed by atoms with Crippen molar-refractivity contribution >= 4 is 40.8 Å². The van der Waals surface area contributed by atoms with Crippen LogP contribution in [-0.4, -0.2) is 137 Å². The smallest absolute Gasteiger partial charge is 0.269 e. The monoisotopic (exact) mass is 767 g/mol. The number of fused-ring (bicyclic) bond motifs is 5. The molecule has 6 aliphatic heterocycles. The van der Waals surface area contributed by atoms with Crippen molar-refractivity contribution in [3.05, 3.63) is 59.7 Å². The van der Waals surface area contributed by atoms with Crippen LogP contribution in [0.1, 0.15) is 40.0 Å². The Morgan fingerprint density at radius 2 is 1.64 bits per heavy atom. The van der Waals surface area contributed by atoms with Crippen molar-refractivity contribution in [1.29, 1.82) is 0 Å². The number of rotatable bonds is 7. The highest BCUT2D eigenvalue weighted by Gasteiger charge is 2.57. The van der Waals surface area contributed by atoms with Crippen LogP contribution in [0.5, 0.6) is 5.75 Å². The van der Waals surface area contributed by atoms with Crippen molar-refractivity contribution in [2.75, 3.05) is 80.6 Å². The van der Waals surface area contributed by atoms with Gasteiger partial charge in [-0.25, -0.2) is 8.78 Å². The lowest BCUT2D eigenvalue weighted by atomic mass is 9.91. The molecule has 1 aliphatic carbocycles. The van der Waals surface area contributed by atoms with Gasteiger partial charge >= 0.3 is 0 Å². The number of benzene rings is 2. The number of imide groups is 2. The molecule has 5 fully saturated rings. The fourth-order valence-corrected chi connectivity index (χ4v) is 10.2. The number of carbonyl (C=O) groups is 4. The number of alkyl halides is 2. The van der Waals surface area contributed by atoms with Crippen LogP contribution in [0.15, 0.2) is 48.5 Å². The Morgan fingerprint density at radius 3 is 2.43 bits per heavy atom. The fraction of sp³-hybridized carbons (Fsp3) is 0.500. The Balaban J connectivity index is 0.715. The Hall–Kier alpha value is -5.22. The van der Waals surface area contributed by atoms with Crippen LogP contribution in [0.3, 0.4) is 0 Å². The molecule has 0 spiro atoms. The SMILES string of the molecule is O=C1CCC(N2C(=O)c3ccc(N4CCC(CN5C[C@@H]6[C@H](C5)[C@H]6CN5CCN6c7cc(-c8ccccc8O)nnc7NC[C@H]6C5)C(F)(F)C4)cc3C2=O)C(=O)N1. The van der Waals surface area contributed by atoms with Gasteiger partial charge in [-0.15, -0.1) is 10.2 Å². The number of phenols is 1. The Kier molecular flexibility index (Phi) is 8.29. The molecular weight excluding hydrogens is 724 g/mol. The first kappa shape index (κ1) is 35.2. The zero-order valence-electron chi connectivity index (χ0n) is 30.7. The quantitative estimate of drug-likeness (QED) is 0.303. The maximum atomic E-state index is 15.8. The maximum Gasteiger partial charge on any atom is 0.269 e. The molecule has 292 valence electrons. The zero-order chi connectivity index (χ0) is 38.5. The number of carbonyl (C=O) groups excluding carboxylic acids is 4. The molecule has 2 aromatic carbocycles. The largest absolute Gasteiger partial charge is 0.507 e. The molecule has 6 atom stereocenters. The molecule has 56 heavy (non-hydrogen) atoms. The number of piperazine rings is 1. The third-order valence-corrected chi connectivity index (χ3v) is 13.3. The highest BCUT2D eigenvalue weighted by molar-refractivity contribution is 6.23. The highest BCUT2D eigenvalue weighted by Crippen LogP contribution is 2.53. The number of phenolic OH excluding ortho intramolecular Hbond substituents is 1. The summed E-state index contributed by atoms with van der Waals surface area (Å²) in [5.41, 5.74) is 2.97. The molecule has 0 bridgehead atoms. The summed E-state index contributed by atoms with van der Waals surface area (Å²) in [4.78, 5) is 60.1. The van der Waals surface area contributed by atoms with Gasteiger partial charge in [-0.3, -0.25) is 34.3 Å². The maximum absolute atomic E-state index is 15.8. The van der Waals surface area contributed by atoms with E-state index in [2.05, 4.69) is 35.5 Å². The highest BCUT2D eigenvalue weighted by atomic mass is 19.3. The van der Waals surface area contributed by atoms with Crippen LogP contribution in [0, 0.1) is 23.7 Å². The molecule has 0 radical (unpaired) electrons. The summed E-state index contributed by atoms with van der Waals surface area (Å²) in [5, 5.41) is 24.8. The number of likely N-dealkylation sites (tertiary alicyclic amines) is 1. The van der Waals surface area contributed by atoms with Crippen LogP contribution in [0.4, 0.5) is 26.0 Å². The van der Waals surface area contributed by atoms with Gasteiger partial charge in [-0.05, 0) is 67.0 Å². The number of hydrogen-bond donors (Lipinski definition) is 3. The van der Waals surface area contributed by atoms with Gasteiger partial charge in [0.1, 0.15) is 11.8 Å². The fourth-order valence-electron chi connectivity index (χ4n) is 10.2. The van der Waals surface area contributed by atoms with Crippen LogP contribution >= 0.6 is 0 Å². The number of hydrogen-bond acceptors (Lipinski definition) is 12. The minimum absolute atomic E-state index is 0.0210. The Bertz CT molecular complexity index is 2140. The van der Waals surface area contributed by atoms with Crippen LogP contribution in [0.25, 0.3) is 11.3 Å². The summed E-state index contributed by atoms with van der Waals surface area (Å²) >= 11 is 0. The Morgan fingerprint density at radius 1 is 0.839 bits per heavy atom. The molecule has 4 saturated heterocycles. The molecule has 3 aromatic rings. The third kappa shape index (κ3) is 5.95. The second kappa shape index (κ2) is 13.2. The predicted molar refractivity (Wildman–Crippen MR) is 200 cm³/mol. The molecule has 4 amide bonds. The summed E-state index contributed by atoms with van der Waals surface area (Å²) in [6, 6.07) is 12.9. The van der Waals surface area contributed by atoms with E-state index in [9.17, 15) is 24.3 Å². The molecule has 16 heteroatoms. The van der Waals surface area contributed by atoms with Crippen LogP contribution in [-0.2, 0) is 9.59 Å². The summed E-state index contributed by atoms with van der Waals surface area (Å²) in [7, 11) is 0. The second-order valence-electron chi connectivity index (χ2n) is 16.5. The first-order valence-corrected chi connectivity index (χ1v) is 19.6. The number of halogens is 2. The average Bonchev–Trinajstić information content (AvgIpc) is 3.49. The summed E-state index contributed by atoms with van der Waals surface area (Å²) in [6.45, 7) is 6.51. The van der Waals surface area contributed by atoms with E-state index in [4.69, 9.17) is 0 Å². The van der Waals surface area contributed by atoms with Crippen molar-refractivity contribution in [3.63, 3.8) is 0 Å². The van der Waals surface area contributed by atoms with Gasteiger partial charge in [-0.1, -0.05) is 12.1 Å². The van der Waals surface area contributed by atoms with Crippen molar-refractivity contribution in [1.82, 2.24) is 30.2 Å². The lowest BCUT2D eigenvalue weighted by Gasteiger charge is -2.46. The lowest BCUT2D eigenvalue weighted by Crippen LogP contribution is -2.58. The molecule has 1 saturated carbocycles. The predicted octanol–water partition coefficient (Wildman–Crippen LogP) is 2.51. The minimum Gasteiger partial charge on any atom is -0.507 e. The van der Waals surface area contributed by atoms with Crippen LogP contribution < -0.4 is 20.4 Å². The van der Waals surface area contributed by atoms with E-state index in [0.29, 0.717) is 54.2 Å². The van der Waals surface area contributed by atoms with E-state index in [-0.39, 0.29) is 35.8 Å². The van der Waals surface area contributed by atoms with Crippen molar-refractivity contribution in [2.45, 2.75) is 37.3 Å². The number of amides is 4. The zero-order valence-corrected chi connectivity index (χ0v) is 30.7. The first-order valence-electron chi connectivity index (χ1n) is 19.6. The average molecular weight is 768 g/mol. The number of aromatic nitrogens is 2. The van der Waals surface area contributed by atoms with Gasteiger partial charge in [-0.2, -0.15) is 0 Å². The van der Waals surface area contributed by atoms with Gasteiger partial charge in [0.2, 0.25) is 11.8 Å². The van der Waals surface area contributed by atoms with Gasteiger partial charge in [0.25, 0.3) is 17.7 Å². The third-order valence-electron chi connectivity index (χ3n) is 13.3. The normalized spacial score (nSPS) is 29.7. The van der Waals surface area contributed by atoms with Crippen molar-refractivity contribution in [3.8, 4) is 17.0 Å². The standard InChI is InChI=1S/C40H43F2N9O5/c41-40(42)21-49(23-5-6-25-27(13-23)39(56)51(38(25)55)32-7-8-35(53)44-37(32)54)10-9-22(40)16-48-19-29-28(30(29)20-48)18-47-11-12-50-24(17-47)15-43-36-33(50)14-31(45-46-36)26-3-1-2-4-34(26)52/h1-6,13-14,22,24,28-30,32,52H,7-12,15-21H2,(H,43,46)(H,44,53,54)/t22?,24-,28-,29-,30+,32?/m0/s1. The molecule has 2 unspecified atom stereocenters. The summed E-state index contributed by atoms with van der Waals surface area (Å²) in [6.07, 6.45) is 0.374.